The molecule has 4 rings (SSSR count). The van der Waals surface area contributed by atoms with Gasteiger partial charge < -0.3 is 9.72 Å². The summed E-state index contributed by atoms with van der Waals surface area (Å²) >= 11 is 4.74. The summed E-state index contributed by atoms with van der Waals surface area (Å²) in [6.07, 6.45) is 3.60. The van der Waals surface area contributed by atoms with E-state index in [1.165, 1.54) is 11.3 Å². The molecule has 3 aromatic rings. The number of fused-ring (bicyclic) bond motifs is 1. The van der Waals surface area contributed by atoms with Crippen molar-refractivity contribution in [1.82, 2.24) is 9.55 Å². The van der Waals surface area contributed by atoms with E-state index in [9.17, 15) is 9.59 Å². The molecular weight excluding hydrogens is 454 g/mol. The largest absolute Gasteiger partial charge is 0.463 e. The van der Waals surface area contributed by atoms with Crippen molar-refractivity contribution in [3.05, 3.63) is 89.3 Å². The number of halogens is 1. The highest BCUT2D eigenvalue weighted by atomic mass is 79.9. The zero-order valence-electron chi connectivity index (χ0n) is 15.8. The van der Waals surface area contributed by atoms with Gasteiger partial charge in [0.25, 0.3) is 5.56 Å². The van der Waals surface area contributed by atoms with Crippen molar-refractivity contribution in [2.45, 2.75) is 19.9 Å². The predicted octanol–water partition coefficient (Wildman–Crippen LogP) is 2.89. The van der Waals surface area contributed by atoms with E-state index in [1.54, 1.807) is 30.7 Å². The van der Waals surface area contributed by atoms with E-state index >= 15 is 0 Å². The van der Waals surface area contributed by atoms with Gasteiger partial charge in [-0.05, 0) is 49.8 Å². The number of esters is 1. The Morgan fingerprint density at radius 1 is 1.34 bits per heavy atom. The van der Waals surface area contributed by atoms with E-state index in [-0.39, 0.29) is 12.2 Å². The van der Waals surface area contributed by atoms with E-state index < -0.39 is 12.0 Å². The molecule has 148 valence electrons. The lowest BCUT2D eigenvalue weighted by atomic mass is 9.96. The van der Waals surface area contributed by atoms with E-state index in [0.717, 1.165) is 15.7 Å². The number of rotatable bonds is 4. The van der Waals surface area contributed by atoms with Crippen LogP contribution in [0.15, 0.2) is 68.1 Å². The Morgan fingerprint density at radius 2 is 2.10 bits per heavy atom. The minimum atomic E-state index is -0.593. The second-order valence-corrected chi connectivity index (χ2v) is 8.40. The van der Waals surface area contributed by atoms with Crippen LogP contribution in [0.5, 0.6) is 0 Å². The van der Waals surface area contributed by atoms with Crippen LogP contribution in [0.4, 0.5) is 0 Å². The van der Waals surface area contributed by atoms with Crippen molar-refractivity contribution in [3.63, 3.8) is 0 Å². The Balaban J connectivity index is 1.97. The molecule has 0 radical (unpaired) electrons. The third-order valence-electron chi connectivity index (χ3n) is 4.61. The van der Waals surface area contributed by atoms with Crippen LogP contribution in [-0.4, -0.2) is 22.1 Å². The third-order valence-corrected chi connectivity index (χ3v) is 6.12. The number of hydrogen-bond acceptors (Lipinski definition) is 5. The molecule has 0 saturated carbocycles. The monoisotopic (exact) mass is 471 g/mol. The van der Waals surface area contributed by atoms with Gasteiger partial charge in [0.2, 0.25) is 0 Å². The maximum absolute atomic E-state index is 13.3. The summed E-state index contributed by atoms with van der Waals surface area (Å²) in [6, 6.07) is 10.7. The predicted molar refractivity (Wildman–Crippen MR) is 115 cm³/mol. The second-order valence-electron chi connectivity index (χ2n) is 6.48. The van der Waals surface area contributed by atoms with Crippen LogP contribution in [-0.2, 0) is 9.53 Å². The number of aromatic nitrogens is 2. The Labute approximate surface area is 179 Å². The SMILES string of the molecule is CCOC(=O)C1=C(C)N=c2s/c(=C/c3ccc[nH]3)c(=O)n2[C@@H]1c1ccc(Br)cc1. The Morgan fingerprint density at radius 3 is 2.76 bits per heavy atom. The van der Waals surface area contributed by atoms with Gasteiger partial charge in [-0.25, -0.2) is 9.79 Å². The molecule has 0 amide bonds. The number of hydrogen-bond donors (Lipinski definition) is 1. The van der Waals surface area contributed by atoms with Gasteiger partial charge in [0.15, 0.2) is 4.80 Å². The maximum atomic E-state index is 13.3. The molecule has 0 fully saturated rings. The molecule has 1 aromatic carbocycles. The van der Waals surface area contributed by atoms with E-state index in [4.69, 9.17) is 4.74 Å². The van der Waals surface area contributed by atoms with Gasteiger partial charge in [0.1, 0.15) is 0 Å². The highest BCUT2D eigenvalue weighted by molar-refractivity contribution is 9.10. The van der Waals surface area contributed by atoms with Crippen LogP contribution in [0.3, 0.4) is 0 Å². The van der Waals surface area contributed by atoms with Crippen LogP contribution < -0.4 is 14.9 Å². The van der Waals surface area contributed by atoms with Gasteiger partial charge >= 0.3 is 5.97 Å². The lowest BCUT2D eigenvalue weighted by Crippen LogP contribution is -2.39. The first kappa shape index (κ1) is 19.6. The van der Waals surface area contributed by atoms with Crippen molar-refractivity contribution in [2.24, 2.45) is 4.99 Å². The summed E-state index contributed by atoms with van der Waals surface area (Å²) in [5, 5.41) is 0. The van der Waals surface area contributed by atoms with Gasteiger partial charge in [-0.2, -0.15) is 0 Å². The molecule has 1 atom stereocenters. The highest BCUT2D eigenvalue weighted by Crippen LogP contribution is 2.31. The van der Waals surface area contributed by atoms with Crippen LogP contribution >= 0.6 is 27.3 Å². The fraction of sp³-hybridized carbons (Fsp3) is 0.190. The number of thiazole rings is 1. The topological polar surface area (TPSA) is 76.4 Å². The van der Waals surface area contributed by atoms with Gasteiger partial charge in [-0.3, -0.25) is 9.36 Å². The van der Waals surface area contributed by atoms with Gasteiger partial charge in [0.05, 0.1) is 28.5 Å². The molecule has 2 aromatic heterocycles. The quantitative estimate of drug-likeness (QED) is 0.594. The van der Waals surface area contributed by atoms with Crippen molar-refractivity contribution < 1.29 is 9.53 Å². The summed E-state index contributed by atoms with van der Waals surface area (Å²) in [7, 11) is 0. The Bertz CT molecular complexity index is 1270. The number of nitrogens with one attached hydrogen (secondary N) is 1. The minimum absolute atomic E-state index is 0.189. The highest BCUT2D eigenvalue weighted by Gasteiger charge is 2.33. The molecule has 8 heteroatoms. The number of H-pyrrole nitrogens is 1. The molecule has 0 saturated heterocycles. The van der Waals surface area contributed by atoms with Crippen molar-refractivity contribution in [1.29, 1.82) is 0 Å². The lowest BCUT2D eigenvalue weighted by molar-refractivity contribution is -0.139. The molecular formula is C21H18BrN3O3S. The van der Waals surface area contributed by atoms with Gasteiger partial charge in [-0.15, -0.1) is 0 Å². The molecule has 1 aliphatic heterocycles. The zero-order chi connectivity index (χ0) is 20.5. The molecule has 1 N–H and O–H groups in total. The van der Waals surface area contributed by atoms with Crippen LogP contribution in [0.25, 0.3) is 6.08 Å². The summed E-state index contributed by atoms with van der Waals surface area (Å²) in [4.78, 5) is 34.3. The summed E-state index contributed by atoms with van der Waals surface area (Å²) in [5.74, 6) is -0.458. The first-order valence-corrected chi connectivity index (χ1v) is 10.7. The molecule has 3 heterocycles. The Hall–Kier alpha value is -2.71. The van der Waals surface area contributed by atoms with E-state index in [0.29, 0.717) is 20.6 Å². The fourth-order valence-electron chi connectivity index (χ4n) is 3.33. The summed E-state index contributed by atoms with van der Waals surface area (Å²) in [5.41, 5.74) is 2.40. The second kappa shape index (κ2) is 7.96. The van der Waals surface area contributed by atoms with Crippen molar-refractivity contribution in [2.75, 3.05) is 6.61 Å². The van der Waals surface area contributed by atoms with Crippen molar-refractivity contribution in [3.8, 4) is 0 Å². The molecule has 0 spiro atoms. The number of aromatic amines is 1. The molecule has 6 nitrogen and oxygen atoms in total. The van der Waals surface area contributed by atoms with Crippen LogP contribution in [0.2, 0.25) is 0 Å². The average molecular weight is 472 g/mol. The molecule has 29 heavy (non-hydrogen) atoms. The number of carbonyl (C=O) groups is 1. The number of allylic oxidation sites excluding steroid dienone is 1. The molecule has 0 aliphatic carbocycles. The average Bonchev–Trinajstić information content (AvgIpc) is 3.30. The zero-order valence-corrected chi connectivity index (χ0v) is 18.2. The molecule has 0 bridgehead atoms. The van der Waals surface area contributed by atoms with Gasteiger partial charge in [0, 0.05) is 16.4 Å². The third kappa shape index (κ3) is 3.65. The van der Waals surface area contributed by atoms with Crippen LogP contribution in [0.1, 0.15) is 31.1 Å². The smallest absolute Gasteiger partial charge is 0.338 e. The fourth-order valence-corrected chi connectivity index (χ4v) is 4.63. The summed E-state index contributed by atoms with van der Waals surface area (Å²) in [6.45, 7) is 3.79. The van der Waals surface area contributed by atoms with Gasteiger partial charge in [-0.1, -0.05) is 39.4 Å². The minimum Gasteiger partial charge on any atom is -0.463 e. The molecule has 1 aliphatic rings. The lowest BCUT2D eigenvalue weighted by Gasteiger charge is -2.24. The van der Waals surface area contributed by atoms with E-state index in [1.807, 2.05) is 36.4 Å². The normalized spacial score (nSPS) is 16.5. The molecule has 0 unspecified atom stereocenters. The number of ether oxygens (including phenoxy) is 1. The van der Waals surface area contributed by atoms with E-state index in [2.05, 4.69) is 25.9 Å². The maximum Gasteiger partial charge on any atom is 0.338 e. The number of benzene rings is 1. The first-order chi connectivity index (χ1) is 14.0. The Kier molecular flexibility index (Phi) is 5.38. The van der Waals surface area contributed by atoms with Crippen LogP contribution in [0, 0.1) is 0 Å². The number of carbonyl (C=O) groups excluding carboxylic acids is 1. The summed E-state index contributed by atoms with van der Waals surface area (Å²) < 4.78 is 8.33. The standard InChI is InChI=1S/C21H18BrN3O3S/c1-3-28-20(27)17-12(2)24-21-25(18(17)13-6-8-14(22)9-7-13)19(26)16(29-21)11-15-5-4-10-23-15/h4-11,18,23H,3H2,1-2H3/b16-11+/t18-/m1/s1. The number of nitrogens with zero attached hydrogens (tertiary/aromatic N) is 2. The first-order valence-electron chi connectivity index (χ1n) is 9.08. The van der Waals surface area contributed by atoms with Crippen molar-refractivity contribution >= 4 is 39.3 Å².